The number of carboxylic acids is 1. The van der Waals surface area contributed by atoms with Crippen LogP contribution in [0.3, 0.4) is 0 Å². The molecular weight excluding hydrogens is 334 g/mol. The summed E-state index contributed by atoms with van der Waals surface area (Å²) < 4.78 is 0. The molecule has 3 heterocycles. The van der Waals surface area contributed by atoms with Gasteiger partial charge >= 0.3 is 5.97 Å². The van der Waals surface area contributed by atoms with Crippen molar-refractivity contribution in [1.82, 2.24) is 4.98 Å². The number of hydrogen-bond donors (Lipinski definition) is 1. The van der Waals surface area contributed by atoms with E-state index >= 15 is 0 Å². The minimum absolute atomic E-state index is 0.203. The van der Waals surface area contributed by atoms with E-state index in [2.05, 4.69) is 24.8 Å². The second-order valence-corrected chi connectivity index (χ2v) is 7.88. The lowest BCUT2D eigenvalue weighted by Crippen LogP contribution is -2.21. The Bertz CT molecular complexity index is 843. The summed E-state index contributed by atoms with van der Waals surface area (Å²) in [5, 5.41) is 18.4. The Morgan fingerprint density at radius 3 is 2.60 bits per heavy atom. The molecule has 130 valence electrons. The third-order valence-corrected chi connectivity index (χ3v) is 6.06. The van der Waals surface area contributed by atoms with Crippen LogP contribution in [-0.2, 0) is 6.42 Å². The molecule has 0 aliphatic carbocycles. The first kappa shape index (κ1) is 17.4. The molecule has 0 radical (unpaired) electrons. The molecular formula is C19H21N3O2S. The zero-order chi connectivity index (χ0) is 18.1. The van der Waals surface area contributed by atoms with Crippen LogP contribution in [0.2, 0.25) is 0 Å². The van der Waals surface area contributed by atoms with Crippen molar-refractivity contribution < 1.29 is 9.90 Å². The van der Waals surface area contributed by atoms with E-state index in [-0.39, 0.29) is 4.88 Å². The fourth-order valence-corrected chi connectivity index (χ4v) is 4.04. The number of nitriles is 1. The molecule has 1 aliphatic rings. The summed E-state index contributed by atoms with van der Waals surface area (Å²) in [5.41, 5.74) is 2.71. The molecule has 5 nitrogen and oxygen atoms in total. The number of carboxylic acid groups (broad SMARTS) is 1. The van der Waals surface area contributed by atoms with Gasteiger partial charge in [-0.2, -0.15) is 5.26 Å². The minimum atomic E-state index is -0.991. The molecule has 0 amide bonds. The van der Waals surface area contributed by atoms with Crippen molar-refractivity contribution in [2.75, 3.05) is 18.0 Å². The lowest BCUT2D eigenvalue weighted by molar-refractivity contribution is 0.0702. The van der Waals surface area contributed by atoms with E-state index in [1.807, 2.05) is 19.1 Å². The highest BCUT2D eigenvalue weighted by Crippen LogP contribution is 2.29. The lowest BCUT2D eigenvalue weighted by Gasteiger charge is -2.18. The van der Waals surface area contributed by atoms with E-state index in [1.54, 1.807) is 6.07 Å². The lowest BCUT2D eigenvalue weighted by atomic mass is 10.0. The molecule has 0 bridgehead atoms. The van der Waals surface area contributed by atoms with Gasteiger partial charge in [0, 0.05) is 25.2 Å². The summed E-state index contributed by atoms with van der Waals surface area (Å²) in [7, 11) is 0. The van der Waals surface area contributed by atoms with E-state index in [4.69, 9.17) is 10.1 Å². The number of aromatic carboxylic acids is 1. The quantitative estimate of drug-likeness (QED) is 0.905. The van der Waals surface area contributed by atoms with Crippen LogP contribution < -0.4 is 4.90 Å². The normalized spacial score (nSPS) is 19.8. The van der Waals surface area contributed by atoms with Gasteiger partial charge in [-0.3, -0.25) is 0 Å². The SMILES string of the molecule is Cc1nc(N2CC(C)C(C)C2)ccc1Cc1cc(C(=O)O)sc1C#N. The van der Waals surface area contributed by atoms with E-state index < -0.39 is 5.97 Å². The largest absolute Gasteiger partial charge is 0.477 e. The molecule has 0 spiro atoms. The van der Waals surface area contributed by atoms with Gasteiger partial charge in [0.2, 0.25) is 0 Å². The van der Waals surface area contributed by atoms with Gasteiger partial charge in [-0.15, -0.1) is 11.3 Å². The summed E-state index contributed by atoms with van der Waals surface area (Å²) in [4.78, 5) is 18.9. The summed E-state index contributed by atoms with van der Waals surface area (Å²) in [6, 6.07) is 7.78. The van der Waals surface area contributed by atoms with Gasteiger partial charge in [0.25, 0.3) is 0 Å². The van der Waals surface area contributed by atoms with Gasteiger partial charge in [0.1, 0.15) is 21.6 Å². The first-order chi connectivity index (χ1) is 11.9. The maximum Gasteiger partial charge on any atom is 0.345 e. The first-order valence-electron chi connectivity index (χ1n) is 8.36. The Kier molecular flexibility index (Phi) is 4.78. The summed E-state index contributed by atoms with van der Waals surface area (Å²) in [6.45, 7) is 8.56. The van der Waals surface area contributed by atoms with Gasteiger partial charge in [-0.25, -0.2) is 9.78 Å². The number of aryl methyl sites for hydroxylation is 1. The molecule has 1 fully saturated rings. The number of pyridine rings is 1. The third kappa shape index (κ3) is 3.52. The number of aromatic nitrogens is 1. The molecule has 1 N–H and O–H groups in total. The standard InChI is InChI=1S/C19H21N3O2S/c1-11-9-22(10-12(11)2)18-5-4-14(13(3)21-18)6-15-7-16(19(23)24)25-17(15)8-20/h4-5,7,11-12H,6,9-10H2,1-3H3,(H,23,24). The molecule has 0 aromatic carbocycles. The monoisotopic (exact) mass is 355 g/mol. The van der Waals surface area contributed by atoms with Crippen molar-refractivity contribution >= 4 is 23.1 Å². The van der Waals surface area contributed by atoms with Crippen molar-refractivity contribution in [3.63, 3.8) is 0 Å². The smallest absolute Gasteiger partial charge is 0.345 e. The van der Waals surface area contributed by atoms with Crippen LogP contribution in [0, 0.1) is 30.1 Å². The molecule has 2 unspecified atom stereocenters. The molecule has 6 heteroatoms. The van der Waals surface area contributed by atoms with Gasteiger partial charge in [0.15, 0.2) is 0 Å². The van der Waals surface area contributed by atoms with Crippen LogP contribution in [0.4, 0.5) is 5.82 Å². The number of hydrogen-bond acceptors (Lipinski definition) is 5. The fourth-order valence-electron chi connectivity index (χ4n) is 3.22. The van der Waals surface area contributed by atoms with Gasteiger partial charge in [-0.1, -0.05) is 19.9 Å². The Hall–Kier alpha value is -2.39. The average Bonchev–Trinajstić information content (AvgIpc) is 3.13. The van der Waals surface area contributed by atoms with Gasteiger partial charge in [-0.05, 0) is 42.0 Å². The molecule has 25 heavy (non-hydrogen) atoms. The van der Waals surface area contributed by atoms with Crippen LogP contribution in [-0.4, -0.2) is 29.1 Å². The van der Waals surface area contributed by atoms with Crippen LogP contribution in [0.5, 0.6) is 0 Å². The van der Waals surface area contributed by atoms with E-state index in [0.717, 1.165) is 47.1 Å². The topological polar surface area (TPSA) is 77.2 Å². The van der Waals surface area contributed by atoms with Crippen molar-refractivity contribution in [1.29, 1.82) is 5.26 Å². The average molecular weight is 355 g/mol. The van der Waals surface area contributed by atoms with E-state index in [1.165, 1.54) is 0 Å². The zero-order valence-corrected chi connectivity index (χ0v) is 15.4. The summed E-state index contributed by atoms with van der Waals surface area (Å²) >= 11 is 1.03. The highest BCUT2D eigenvalue weighted by atomic mass is 32.1. The van der Waals surface area contributed by atoms with Crippen LogP contribution >= 0.6 is 11.3 Å². The number of nitrogens with zero attached hydrogens (tertiary/aromatic N) is 3. The summed E-state index contributed by atoms with van der Waals surface area (Å²) in [6.07, 6.45) is 0.526. The first-order valence-corrected chi connectivity index (χ1v) is 9.18. The molecule has 2 atom stereocenters. The highest BCUT2D eigenvalue weighted by Gasteiger charge is 2.27. The molecule has 2 aromatic rings. The Morgan fingerprint density at radius 2 is 2.04 bits per heavy atom. The van der Waals surface area contributed by atoms with Crippen molar-refractivity contribution in [3.8, 4) is 6.07 Å². The van der Waals surface area contributed by atoms with Gasteiger partial charge < -0.3 is 10.0 Å². The maximum absolute atomic E-state index is 11.1. The Labute approximate surface area is 151 Å². The maximum atomic E-state index is 11.1. The number of anilines is 1. The second-order valence-electron chi connectivity index (χ2n) is 6.83. The van der Waals surface area contributed by atoms with Crippen LogP contribution in [0.25, 0.3) is 0 Å². The molecule has 1 aliphatic heterocycles. The number of rotatable bonds is 4. The molecule has 0 saturated carbocycles. The molecule has 2 aromatic heterocycles. The van der Waals surface area contributed by atoms with E-state index in [0.29, 0.717) is 23.1 Å². The summed E-state index contributed by atoms with van der Waals surface area (Å²) in [5.74, 6) is 1.34. The predicted octanol–water partition coefficient (Wildman–Crippen LogP) is 3.70. The Balaban J connectivity index is 1.83. The van der Waals surface area contributed by atoms with Crippen molar-refractivity contribution in [2.24, 2.45) is 11.8 Å². The van der Waals surface area contributed by atoms with Crippen LogP contribution in [0.15, 0.2) is 18.2 Å². The van der Waals surface area contributed by atoms with Crippen molar-refractivity contribution in [3.05, 3.63) is 44.8 Å². The highest BCUT2D eigenvalue weighted by molar-refractivity contribution is 7.14. The fraction of sp³-hybridized carbons (Fsp3) is 0.421. The predicted molar refractivity (Wildman–Crippen MR) is 98.3 cm³/mol. The minimum Gasteiger partial charge on any atom is -0.477 e. The number of carbonyl (C=O) groups is 1. The Morgan fingerprint density at radius 1 is 1.36 bits per heavy atom. The van der Waals surface area contributed by atoms with Crippen molar-refractivity contribution in [2.45, 2.75) is 27.2 Å². The van der Waals surface area contributed by atoms with Crippen LogP contribution in [0.1, 0.15) is 45.2 Å². The third-order valence-electron chi connectivity index (χ3n) is 4.99. The molecule has 3 rings (SSSR count). The van der Waals surface area contributed by atoms with E-state index in [9.17, 15) is 10.1 Å². The second kappa shape index (κ2) is 6.85. The molecule has 1 saturated heterocycles. The number of thiophene rings is 1. The van der Waals surface area contributed by atoms with Gasteiger partial charge in [0.05, 0.1) is 0 Å². The zero-order valence-electron chi connectivity index (χ0n) is 14.6.